The number of carbonyl (C=O) groups is 9. The Labute approximate surface area is 310 Å². The summed E-state index contributed by atoms with van der Waals surface area (Å²) in [6.45, 7) is 4.72. The third kappa shape index (κ3) is 21.3. The number of nitrogens with two attached hydrogens (primary N) is 2. The van der Waals surface area contributed by atoms with Crippen molar-refractivity contribution in [2.24, 2.45) is 17.4 Å². The van der Waals surface area contributed by atoms with Crippen molar-refractivity contribution < 1.29 is 75.0 Å². The van der Waals surface area contributed by atoms with Crippen molar-refractivity contribution in [3.05, 3.63) is 46.5 Å². The van der Waals surface area contributed by atoms with Gasteiger partial charge in [-0.1, -0.05) is 44.6 Å². The fraction of sp³-hybridized carbons (Fsp3) is 0.500. The molecule has 1 aromatic carbocycles. The van der Waals surface area contributed by atoms with E-state index in [4.69, 9.17) is 19.7 Å². The average Bonchev–Trinajstić information content (AvgIpc) is 3.11. The van der Waals surface area contributed by atoms with E-state index in [-0.39, 0.29) is 23.8 Å². The van der Waals surface area contributed by atoms with Crippen LogP contribution in [0.3, 0.4) is 0 Å². The number of esters is 2. The Kier molecular flexibility index (Phi) is 25.9. The summed E-state index contributed by atoms with van der Waals surface area (Å²) in [6.07, 6.45) is -0.495. The molecule has 0 aliphatic carbocycles. The second kappa shape index (κ2) is 27.2. The molecule has 0 spiro atoms. The third-order valence-electron chi connectivity index (χ3n) is 6.07. The van der Waals surface area contributed by atoms with E-state index < -0.39 is 96.9 Å². The van der Waals surface area contributed by atoms with E-state index in [1.165, 1.54) is 26.0 Å². The van der Waals surface area contributed by atoms with Crippen LogP contribution >= 0.6 is 0 Å². The standard InChI is InChI=1S/C23H31N3O8.C7H14N4O3S.O.Tc/c1-13(2)20(25-15(4)27)22(31)24-14(3)21(30)26-17(11-19(29)33-5)18(28)12-34-23(32)16-9-7-6-8-10-16;8-1-5(12)10-2-6(13)11-4(3-15)7(9)14;;/h6-10,13-14,17,20H,11-12H2,1-5H3,(H,24,31)(H,25,27)(H,26,30);4H,1-3,8H2,(H5,9,10,11,12,13,14,15);;/q;;;+3/p-3. The van der Waals surface area contributed by atoms with Gasteiger partial charge >= 0.3 is 34.3 Å². The zero-order valence-corrected chi connectivity index (χ0v) is 31.2. The molecule has 51 heavy (non-hydrogen) atoms. The van der Waals surface area contributed by atoms with Crippen LogP contribution < -0.4 is 27.4 Å². The van der Waals surface area contributed by atoms with Crippen molar-refractivity contribution in [2.75, 3.05) is 32.6 Å². The molecule has 0 radical (unpaired) electrons. The number of hydrogen-bond acceptors (Lipinski definition) is 14. The van der Waals surface area contributed by atoms with E-state index in [0.29, 0.717) is 0 Å². The summed E-state index contributed by atoms with van der Waals surface area (Å²) in [5, 5.41) is 14.1. The van der Waals surface area contributed by atoms with Gasteiger partial charge in [0.05, 0.1) is 25.0 Å². The summed E-state index contributed by atoms with van der Waals surface area (Å²) >= 11 is 5.46. The van der Waals surface area contributed by atoms with E-state index in [0.717, 1.165) is 26.0 Å². The molecule has 21 heteroatoms. The molecule has 1 rings (SSSR count). The molecule has 0 saturated heterocycles. The minimum atomic E-state index is -1.35. The summed E-state index contributed by atoms with van der Waals surface area (Å²) in [7, 11) is 1.12. The number of rotatable bonds is 18. The molecule has 0 bridgehead atoms. The number of ketones is 1. The monoisotopic (exact) mass is 821 g/mol. The van der Waals surface area contributed by atoms with Gasteiger partial charge in [0, 0.05) is 19.4 Å². The van der Waals surface area contributed by atoms with Crippen LogP contribution in [-0.2, 0) is 82.8 Å². The normalized spacial score (nSPS) is 12.2. The first-order valence-corrected chi connectivity index (χ1v) is 16.2. The van der Waals surface area contributed by atoms with Crippen LogP contribution in [0.4, 0.5) is 0 Å². The van der Waals surface area contributed by atoms with Gasteiger partial charge in [0.15, 0.2) is 12.4 Å². The molecule has 4 unspecified atom stereocenters. The van der Waals surface area contributed by atoms with Crippen LogP contribution in [-0.4, -0.2) is 110 Å². The Morgan fingerprint density at radius 2 is 1.49 bits per heavy atom. The first kappa shape index (κ1) is 48.5. The number of primary amides is 1. The van der Waals surface area contributed by atoms with E-state index in [1.807, 2.05) is 0 Å². The Morgan fingerprint density at radius 3 is 1.96 bits per heavy atom. The zero-order valence-electron chi connectivity index (χ0n) is 28.5. The summed E-state index contributed by atoms with van der Waals surface area (Å²) < 4.78 is 17.8. The molecule has 0 aliphatic rings. The summed E-state index contributed by atoms with van der Waals surface area (Å²) in [5.74, 6) is -6.40. The molecule has 282 valence electrons. The summed E-state index contributed by atoms with van der Waals surface area (Å²) in [4.78, 5) is 105. The SMILES string of the molecule is COC(=O)CC(NC(=O)C(C)NC(=O)C(NC(C)=O)C(C)C)C(=O)COC(=O)c1ccccc1.NCC(=O)[N-]CC(=O)[N-]C(C[S-])C(N)=O.[O]=[Tc+3]. The van der Waals surface area contributed by atoms with Gasteiger partial charge < -0.3 is 69.7 Å². The molecule has 19 nitrogen and oxygen atoms in total. The number of benzene rings is 1. The van der Waals surface area contributed by atoms with Crippen molar-refractivity contribution in [3.8, 4) is 0 Å². The van der Waals surface area contributed by atoms with Crippen molar-refractivity contribution in [3.63, 3.8) is 0 Å². The van der Waals surface area contributed by atoms with Crippen molar-refractivity contribution in [2.45, 2.75) is 58.3 Å². The number of hydrogen-bond donors (Lipinski definition) is 5. The molecular weight excluding hydrogens is 780 g/mol. The number of methoxy groups -OCH3 is 1. The van der Waals surface area contributed by atoms with Crippen LogP contribution in [0.2, 0.25) is 0 Å². The predicted octanol–water partition coefficient (Wildman–Crippen LogP) is -1.85. The van der Waals surface area contributed by atoms with Gasteiger partial charge in [-0.2, -0.15) is 5.75 Å². The number of ether oxygens (including phenoxy) is 2. The van der Waals surface area contributed by atoms with Crippen molar-refractivity contribution in [1.29, 1.82) is 0 Å². The number of carbonyl (C=O) groups excluding carboxylic acids is 9. The predicted molar refractivity (Wildman–Crippen MR) is 177 cm³/mol. The molecule has 7 N–H and O–H groups in total. The van der Waals surface area contributed by atoms with Gasteiger partial charge in [0.1, 0.15) is 18.1 Å². The van der Waals surface area contributed by atoms with Crippen LogP contribution in [0.1, 0.15) is 44.5 Å². The third-order valence-corrected chi connectivity index (χ3v) is 6.39. The molecule has 0 aromatic heterocycles. The fourth-order valence-electron chi connectivity index (χ4n) is 3.43. The molecule has 0 fully saturated rings. The van der Waals surface area contributed by atoms with E-state index in [2.05, 4.69) is 43.9 Å². The fourth-order valence-corrected chi connectivity index (χ4v) is 3.67. The Morgan fingerprint density at radius 1 is 0.902 bits per heavy atom. The van der Waals surface area contributed by atoms with Crippen LogP contribution in [0.5, 0.6) is 0 Å². The second-order valence-electron chi connectivity index (χ2n) is 10.4. The first-order chi connectivity index (χ1) is 24.0. The van der Waals surface area contributed by atoms with Gasteiger partial charge in [-0.05, 0) is 25.0 Å². The van der Waals surface area contributed by atoms with Gasteiger partial charge in [0.25, 0.3) is 0 Å². The van der Waals surface area contributed by atoms with Crippen LogP contribution in [0, 0.1) is 5.92 Å². The zero-order chi connectivity index (χ0) is 39.7. The van der Waals surface area contributed by atoms with Gasteiger partial charge in [0.2, 0.25) is 23.6 Å². The quantitative estimate of drug-likeness (QED) is 0.0803. The van der Waals surface area contributed by atoms with Crippen LogP contribution in [0.25, 0.3) is 10.6 Å². The summed E-state index contributed by atoms with van der Waals surface area (Å²) in [6, 6.07) is 3.65. The first-order valence-electron chi connectivity index (χ1n) is 14.8. The Bertz CT molecular complexity index is 1350. The van der Waals surface area contributed by atoms with Gasteiger partial charge in [-0.15, -0.1) is 0 Å². The van der Waals surface area contributed by atoms with E-state index in [1.54, 1.807) is 32.0 Å². The molecule has 4 atom stereocenters. The van der Waals surface area contributed by atoms with E-state index >= 15 is 0 Å². The molecule has 1 aromatic rings. The number of Topliss-reactive ketones (excluding diaryl/α,β-unsaturated/α-hetero) is 1. The summed E-state index contributed by atoms with van der Waals surface area (Å²) in [5.41, 5.74) is 10.1. The topological polar surface area (TPSA) is 305 Å². The number of nitrogens with zero attached hydrogens (tertiary/aromatic N) is 2. The molecule has 0 heterocycles. The van der Waals surface area contributed by atoms with Crippen LogP contribution in [0.15, 0.2) is 30.3 Å². The Hall–Kier alpha value is -4.59. The van der Waals surface area contributed by atoms with E-state index in [9.17, 15) is 43.2 Å². The molecule has 0 aliphatic heterocycles. The number of nitrogens with one attached hydrogen (secondary N) is 3. The van der Waals surface area contributed by atoms with Gasteiger partial charge in [-0.25, -0.2) is 4.79 Å². The maximum absolute atomic E-state index is 12.6. The molecule has 0 saturated carbocycles. The molecule has 6 amide bonds. The minimum absolute atomic E-state index is 0.0775. The molecular formula is C30H42N7O12STc. The second-order valence-corrected chi connectivity index (χ2v) is 10.8. The van der Waals surface area contributed by atoms with Gasteiger partial charge in [-0.3, -0.25) is 28.8 Å². The number of amides is 6. The average molecular weight is 823 g/mol. The maximum atomic E-state index is 12.6. The van der Waals surface area contributed by atoms with Crippen molar-refractivity contribution in [1.82, 2.24) is 16.0 Å². The van der Waals surface area contributed by atoms with Crippen molar-refractivity contribution >= 4 is 65.8 Å². The Balaban J connectivity index is 0.